The Hall–Kier alpha value is -1.66. The van der Waals surface area contributed by atoms with Crippen LogP contribution >= 0.6 is 11.3 Å². The topological polar surface area (TPSA) is 49.6 Å². The number of nitrogens with zero attached hydrogens (tertiary/aromatic N) is 3. The zero-order valence-electron chi connectivity index (χ0n) is 14.6. The van der Waals surface area contributed by atoms with Gasteiger partial charge in [0.2, 0.25) is 11.8 Å². The molecule has 24 heavy (non-hydrogen) atoms. The molecule has 1 saturated heterocycles. The molecule has 130 valence electrons. The van der Waals surface area contributed by atoms with E-state index < -0.39 is 0 Å². The van der Waals surface area contributed by atoms with Crippen molar-refractivity contribution in [2.24, 2.45) is 0 Å². The van der Waals surface area contributed by atoms with Gasteiger partial charge in [-0.15, -0.1) is 11.3 Å². The van der Waals surface area contributed by atoms with E-state index in [-0.39, 0.29) is 5.91 Å². The molecule has 2 aromatic heterocycles. The van der Waals surface area contributed by atoms with Crippen molar-refractivity contribution in [1.82, 2.24) is 14.8 Å². The number of hydrogen-bond acceptors (Lipinski definition) is 5. The molecule has 3 heterocycles. The first kappa shape index (κ1) is 17.2. The molecule has 1 atom stereocenters. The number of likely N-dealkylation sites (N-methyl/N-ethyl adjacent to an activating group) is 1. The van der Waals surface area contributed by atoms with E-state index in [1.54, 1.807) is 11.3 Å². The summed E-state index contributed by atoms with van der Waals surface area (Å²) in [7, 11) is 4.12. The lowest BCUT2D eigenvalue weighted by Gasteiger charge is -2.37. The average Bonchev–Trinajstić information content (AvgIpc) is 3.17. The zero-order chi connectivity index (χ0) is 17.1. The van der Waals surface area contributed by atoms with Crippen LogP contribution in [0.15, 0.2) is 21.9 Å². The summed E-state index contributed by atoms with van der Waals surface area (Å²) in [4.78, 5) is 22.6. The number of rotatable bonds is 5. The molecule has 6 heteroatoms. The van der Waals surface area contributed by atoms with Crippen LogP contribution in [-0.4, -0.2) is 53.9 Å². The first-order valence-electron chi connectivity index (χ1n) is 8.49. The van der Waals surface area contributed by atoms with Crippen molar-refractivity contribution in [2.45, 2.75) is 38.6 Å². The molecule has 0 bridgehead atoms. The van der Waals surface area contributed by atoms with Crippen LogP contribution in [0.3, 0.4) is 0 Å². The summed E-state index contributed by atoms with van der Waals surface area (Å²) in [5, 5.41) is 2.00. The Morgan fingerprint density at radius 1 is 1.46 bits per heavy atom. The monoisotopic (exact) mass is 347 g/mol. The van der Waals surface area contributed by atoms with Gasteiger partial charge in [0, 0.05) is 19.1 Å². The molecule has 1 amide bonds. The van der Waals surface area contributed by atoms with Gasteiger partial charge in [0.25, 0.3) is 0 Å². The number of aromatic nitrogens is 1. The van der Waals surface area contributed by atoms with Gasteiger partial charge in [-0.2, -0.15) is 0 Å². The number of likely N-dealkylation sites (tertiary alicyclic amines) is 1. The van der Waals surface area contributed by atoms with Crippen LogP contribution in [0.5, 0.6) is 0 Å². The molecule has 0 spiro atoms. The van der Waals surface area contributed by atoms with Gasteiger partial charge < -0.3 is 14.2 Å². The lowest BCUT2D eigenvalue weighted by Crippen LogP contribution is -2.48. The van der Waals surface area contributed by atoms with Gasteiger partial charge in [-0.05, 0) is 51.7 Å². The Labute approximate surface area is 147 Å². The molecule has 1 unspecified atom stereocenters. The largest absolute Gasteiger partial charge is 0.440 e. The Kier molecular flexibility index (Phi) is 5.36. The van der Waals surface area contributed by atoms with E-state index in [0.717, 1.165) is 42.3 Å². The molecular formula is C18H25N3O2S. The number of carbonyl (C=O) groups excluding carboxylic acids is 1. The predicted molar refractivity (Wildman–Crippen MR) is 96.2 cm³/mol. The van der Waals surface area contributed by atoms with Crippen molar-refractivity contribution in [3.05, 3.63) is 29.0 Å². The normalized spacial score (nSPS) is 18.3. The predicted octanol–water partition coefficient (Wildman–Crippen LogP) is 3.20. The molecule has 1 fully saturated rings. The highest BCUT2D eigenvalue weighted by atomic mass is 32.1. The summed E-state index contributed by atoms with van der Waals surface area (Å²) < 4.78 is 5.76. The maximum Gasteiger partial charge on any atom is 0.236 e. The van der Waals surface area contributed by atoms with Crippen molar-refractivity contribution >= 4 is 17.2 Å². The highest BCUT2D eigenvalue weighted by molar-refractivity contribution is 7.13. The lowest BCUT2D eigenvalue weighted by molar-refractivity contribution is -0.134. The minimum absolute atomic E-state index is 0.163. The second-order valence-corrected chi connectivity index (χ2v) is 7.62. The number of oxazole rings is 1. The molecule has 1 aliphatic heterocycles. The molecule has 3 rings (SSSR count). The van der Waals surface area contributed by atoms with E-state index in [4.69, 9.17) is 4.42 Å². The van der Waals surface area contributed by atoms with Crippen molar-refractivity contribution in [1.29, 1.82) is 0 Å². The van der Waals surface area contributed by atoms with E-state index in [1.807, 2.05) is 29.3 Å². The molecule has 2 aromatic rings. The number of hydrogen-bond donors (Lipinski definition) is 0. The summed E-state index contributed by atoms with van der Waals surface area (Å²) in [6, 6.07) is 4.27. The van der Waals surface area contributed by atoms with Gasteiger partial charge in [-0.1, -0.05) is 6.07 Å². The minimum Gasteiger partial charge on any atom is -0.440 e. The smallest absolute Gasteiger partial charge is 0.236 e. The molecule has 0 saturated carbocycles. The first-order valence-corrected chi connectivity index (χ1v) is 9.37. The summed E-state index contributed by atoms with van der Waals surface area (Å²) in [6.45, 7) is 3.66. The van der Waals surface area contributed by atoms with Crippen molar-refractivity contribution in [3.63, 3.8) is 0 Å². The number of carbonyl (C=O) groups is 1. The van der Waals surface area contributed by atoms with Gasteiger partial charge in [0.15, 0.2) is 0 Å². The quantitative estimate of drug-likeness (QED) is 0.833. The second kappa shape index (κ2) is 7.49. The van der Waals surface area contributed by atoms with Crippen LogP contribution in [-0.2, 0) is 11.2 Å². The fraction of sp³-hybridized carbons (Fsp3) is 0.556. The fourth-order valence-electron chi connectivity index (χ4n) is 3.28. The third-order valence-electron chi connectivity index (χ3n) is 4.47. The Morgan fingerprint density at radius 2 is 2.29 bits per heavy atom. The van der Waals surface area contributed by atoms with E-state index >= 15 is 0 Å². The van der Waals surface area contributed by atoms with Crippen LogP contribution in [0.2, 0.25) is 0 Å². The number of thiophene rings is 1. The van der Waals surface area contributed by atoms with E-state index in [2.05, 4.69) is 24.0 Å². The second-order valence-electron chi connectivity index (χ2n) is 6.67. The number of aryl methyl sites for hydroxylation is 1. The number of amides is 1. The van der Waals surface area contributed by atoms with Crippen molar-refractivity contribution in [3.8, 4) is 10.8 Å². The summed E-state index contributed by atoms with van der Waals surface area (Å²) in [5.74, 6) is 1.53. The minimum atomic E-state index is 0.163. The van der Waals surface area contributed by atoms with Crippen LogP contribution in [0, 0.1) is 6.92 Å². The molecular weight excluding hydrogens is 322 g/mol. The maximum atomic E-state index is 12.8. The third-order valence-corrected chi connectivity index (χ3v) is 5.32. The lowest BCUT2D eigenvalue weighted by atomic mass is 10.0. The molecule has 1 aliphatic rings. The van der Waals surface area contributed by atoms with Gasteiger partial charge in [-0.3, -0.25) is 4.79 Å². The molecule has 0 radical (unpaired) electrons. The average molecular weight is 347 g/mol. The molecule has 0 aliphatic carbocycles. The molecule has 5 nitrogen and oxygen atoms in total. The highest BCUT2D eigenvalue weighted by Crippen LogP contribution is 2.27. The number of piperidine rings is 1. The van der Waals surface area contributed by atoms with Gasteiger partial charge in [0.05, 0.1) is 17.0 Å². The van der Waals surface area contributed by atoms with Crippen LogP contribution < -0.4 is 0 Å². The Bertz CT molecular complexity index is 679. The van der Waals surface area contributed by atoms with Gasteiger partial charge in [0.1, 0.15) is 5.76 Å². The maximum absolute atomic E-state index is 12.8. The van der Waals surface area contributed by atoms with Crippen molar-refractivity contribution in [2.75, 3.05) is 27.2 Å². The van der Waals surface area contributed by atoms with Crippen LogP contribution in [0.4, 0.5) is 0 Å². The summed E-state index contributed by atoms with van der Waals surface area (Å²) >= 11 is 1.60. The highest BCUT2D eigenvalue weighted by Gasteiger charge is 2.28. The van der Waals surface area contributed by atoms with Crippen LogP contribution in [0.25, 0.3) is 10.8 Å². The van der Waals surface area contributed by atoms with E-state index in [9.17, 15) is 4.79 Å². The van der Waals surface area contributed by atoms with Gasteiger partial charge in [-0.25, -0.2) is 4.98 Å². The first-order chi connectivity index (χ1) is 11.5. The Balaban J connectivity index is 1.71. The van der Waals surface area contributed by atoms with Crippen LogP contribution in [0.1, 0.15) is 30.7 Å². The molecule has 0 aromatic carbocycles. The standard InChI is InChI=1S/C18H25N3O2S/c1-13-15(19-18(23-13)16-8-6-10-24-16)11-17(22)21-9-5-4-7-14(21)12-20(2)3/h6,8,10,14H,4-5,7,9,11-12H2,1-3H3. The third kappa shape index (κ3) is 3.87. The zero-order valence-corrected chi connectivity index (χ0v) is 15.4. The Morgan fingerprint density at radius 3 is 3.00 bits per heavy atom. The summed E-state index contributed by atoms with van der Waals surface area (Å²) in [6.07, 6.45) is 3.70. The summed E-state index contributed by atoms with van der Waals surface area (Å²) in [5.41, 5.74) is 0.762. The fourth-order valence-corrected chi connectivity index (χ4v) is 3.93. The molecule has 0 N–H and O–H groups in total. The van der Waals surface area contributed by atoms with Gasteiger partial charge >= 0.3 is 0 Å². The van der Waals surface area contributed by atoms with E-state index in [0.29, 0.717) is 18.4 Å². The van der Waals surface area contributed by atoms with E-state index in [1.165, 1.54) is 6.42 Å². The SMILES string of the molecule is Cc1oc(-c2cccs2)nc1CC(=O)N1CCCCC1CN(C)C. The van der Waals surface area contributed by atoms with Crippen molar-refractivity contribution < 1.29 is 9.21 Å².